The monoisotopic (exact) mass is 407 g/mol. The quantitative estimate of drug-likeness (QED) is 0.623. The first-order valence-corrected chi connectivity index (χ1v) is 9.80. The van der Waals surface area contributed by atoms with Gasteiger partial charge in [0.05, 0.1) is 39.6 Å². The van der Waals surface area contributed by atoms with E-state index >= 15 is 0 Å². The zero-order valence-corrected chi connectivity index (χ0v) is 17.6. The fourth-order valence-corrected chi connectivity index (χ4v) is 3.83. The van der Waals surface area contributed by atoms with E-state index in [1.54, 1.807) is 27.4 Å². The maximum Gasteiger partial charge on any atom is 0.203 e. The number of allylic oxidation sites excluding steroid dienone is 1. The third-order valence-electron chi connectivity index (χ3n) is 5.55. The minimum Gasteiger partial charge on any atom is -0.504 e. The summed E-state index contributed by atoms with van der Waals surface area (Å²) < 4.78 is 21.8. The Morgan fingerprint density at radius 2 is 1.50 bits per heavy atom. The Kier molecular flexibility index (Phi) is 5.40. The summed E-state index contributed by atoms with van der Waals surface area (Å²) in [6, 6.07) is 11.3. The Labute approximate surface area is 175 Å². The fourth-order valence-electron chi connectivity index (χ4n) is 3.83. The van der Waals surface area contributed by atoms with Crippen LogP contribution in [0.1, 0.15) is 30.5 Å². The molecule has 0 saturated heterocycles. The van der Waals surface area contributed by atoms with Crippen LogP contribution in [0.3, 0.4) is 0 Å². The van der Waals surface area contributed by atoms with Gasteiger partial charge in [-0.1, -0.05) is 5.57 Å². The molecule has 2 aromatic carbocycles. The van der Waals surface area contributed by atoms with Crippen molar-refractivity contribution in [2.24, 2.45) is 0 Å². The Morgan fingerprint density at radius 3 is 2.03 bits per heavy atom. The fraction of sp³-hybridized carbons (Fsp3) is 0.292. The SMILES string of the molecule is COc1cc(C(=C2CCC2)c2ccc3c(O)c(OC)ccc3n2)cc(OC)c1OC. The van der Waals surface area contributed by atoms with E-state index in [1.807, 2.05) is 30.3 Å². The number of rotatable bonds is 6. The van der Waals surface area contributed by atoms with Crippen molar-refractivity contribution >= 4 is 16.5 Å². The molecule has 6 heteroatoms. The standard InChI is InChI=1S/C24H25NO5/c1-27-19-11-10-17-16(23(19)26)8-9-18(25-17)22(14-6-5-7-14)15-12-20(28-2)24(30-4)21(13-15)29-3/h8-13,26H,5-7H2,1-4H3. The molecule has 30 heavy (non-hydrogen) atoms. The number of pyridine rings is 1. The first-order chi connectivity index (χ1) is 14.6. The maximum absolute atomic E-state index is 10.4. The van der Waals surface area contributed by atoms with Crippen molar-refractivity contribution < 1.29 is 24.1 Å². The lowest BCUT2D eigenvalue weighted by atomic mass is 9.83. The molecule has 0 radical (unpaired) electrons. The van der Waals surface area contributed by atoms with Gasteiger partial charge in [0.25, 0.3) is 0 Å². The Balaban J connectivity index is 1.90. The van der Waals surface area contributed by atoms with E-state index in [0.29, 0.717) is 33.9 Å². The van der Waals surface area contributed by atoms with Crippen LogP contribution in [0.15, 0.2) is 42.0 Å². The summed E-state index contributed by atoms with van der Waals surface area (Å²) in [5, 5.41) is 11.1. The normalized spacial score (nSPS) is 13.0. The van der Waals surface area contributed by atoms with Crippen LogP contribution in [-0.2, 0) is 0 Å². The molecule has 1 heterocycles. The molecule has 3 aromatic rings. The summed E-state index contributed by atoms with van der Waals surface area (Å²) in [4.78, 5) is 4.86. The van der Waals surface area contributed by atoms with Crippen LogP contribution in [0.25, 0.3) is 16.5 Å². The lowest BCUT2D eigenvalue weighted by Crippen LogP contribution is -2.06. The van der Waals surface area contributed by atoms with Gasteiger partial charge in [-0.2, -0.15) is 0 Å². The summed E-state index contributed by atoms with van der Waals surface area (Å²) in [6.07, 6.45) is 3.22. The summed E-state index contributed by atoms with van der Waals surface area (Å²) >= 11 is 0. The molecule has 1 saturated carbocycles. The second-order valence-electron chi connectivity index (χ2n) is 7.13. The van der Waals surface area contributed by atoms with Gasteiger partial charge in [0.15, 0.2) is 23.0 Å². The number of nitrogens with zero attached hydrogens (tertiary/aromatic N) is 1. The first-order valence-electron chi connectivity index (χ1n) is 9.80. The van der Waals surface area contributed by atoms with Gasteiger partial charge in [0.1, 0.15) is 0 Å². The van der Waals surface area contributed by atoms with E-state index in [0.717, 1.165) is 36.1 Å². The number of methoxy groups -OCH3 is 4. The zero-order chi connectivity index (χ0) is 21.3. The lowest BCUT2D eigenvalue weighted by molar-refractivity contribution is 0.324. The molecule has 156 valence electrons. The van der Waals surface area contributed by atoms with E-state index in [1.165, 1.54) is 12.7 Å². The van der Waals surface area contributed by atoms with Crippen molar-refractivity contribution in [3.63, 3.8) is 0 Å². The minimum absolute atomic E-state index is 0.0969. The molecule has 0 atom stereocenters. The lowest BCUT2D eigenvalue weighted by Gasteiger charge is -2.24. The molecular weight excluding hydrogens is 382 g/mol. The average Bonchev–Trinajstić information content (AvgIpc) is 2.75. The van der Waals surface area contributed by atoms with Gasteiger partial charge in [-0.25, -0.2) is 4.98 Å². The highest BCUT2D eigenvalue weighted by molar-refractivity contribution is 5.91. The van der Waals surface area contributed by atoms with E-state index in [-0.39, 0.29) is 5.75 Å². The number of fused-ring (bicyclic) bond motifs is 1. The van der Waals surface area contributed by atoms with Crippen LogP contribution < -0.4 is 18.9 Å². The van der Waals surface area contributed by atoms with Crippen LogP contribution in [0.2, 0.25) is 0 Å². The molecule has 1 aliphatic carbocycles. The van der Waals surface area contributed by atoms with Crippen molar-refractivity contribution in [3.8, 4) is 28.7 Å². The number of aromatic hydroxyl groups is 1. The maximum atomic E-state index is 10.4. The second kappa shape index (κ2) is 8.14. The number of phenolic OH excluding ortho intramolecular Hbond substituents is 1. The molecule has 6 nitrogen and oxygen atoms in total. The smallest absolute Gasteiger partial charge is 0.203 e. The predicted octanol–water partition coefficient (Wildman–Crippen LogP) is 4.96. The zero-order valence-electron chi connectivity index (χ0n) is 17.6. The minimum atomic E-state index is 0.0969. The van der Waals surface area contributed by atoms with Gasteiger partial charge in [-0.05, 0) is 61.2 Å². The van der Waals surface area contributed by atoms with Gasteiger partial charge in [0.2, 0.25) is 5.75 Å². The van der Waals surface area contributed by atoms with Gasteiger partial charge >= 0.3 is 0 Å². The molecule has 0 unspecified atom stereocenters. The summed E-state index contributed by atoms with van der Waals surface area (Å²) in [5.41, 5.74) is 4.92. The molecule has 0 amide bonds. The van der Waals surface area contributed by atoms with Crippen molar-refractivity contribution in [3.05, 3.63) is 53.2 Å². The van der Waals surface area contributed by atoms with Crippen LogP contribution >= 0.6 is 0 Å². The van der Waals surface area contributed by atoms with Gasteiger partial charge in [-0.15, -0.1) is 0 Å². The number of hydrogen-bond donors (Lipinski definition) is 1. The molecule has 0 bridgehead atoms. The van der Waals surface area contributed by atoms with Crippen molar-refractivity contribution in [1.29, 1.82) is 0 Å². The largest absolute Gasteiger partial charge is 0.504 e. The van der Waals surface area contributed by atoms with Crippen LogP contribution in [0.4, 0.5) is 0 Å². The van der Waals surface area contributed by atoms with Gasteiger partial charge in [-0.3, -0.25) is 0 Å². The third kappa shape index (κ3) is 3.28. The number of ether oxygens (including phenoxy) is 4. The highest BCUT2D eigenvalue weighted by Crippen LogP contribution is 2.44. The summed E-state index contributed by atoms with van der Waals surface area (Å²) in [5.74, 6) is 2.30. The van der Waals surface area contributed by atoms with E-state index in [9.17, 15) is 5.11 Å². The number of phenols is 1. The highest BCUT2D eigenvalue weighted by atomic mass is 16.5. The Morgan fingerprint density at radius 1 is 0.833 bits per heavy atom. The molecule has 4 rings (SSSR count). The summed E-state index contributed by atoms with van der Waals surface area (Å²) in [6.45, 7) is 0. The highest BCUT2D eigenvalue weighted by Gasteiger charge is 2.23. The molecule has 1 aromatic heterocycles. The second-order valence-corrected chi connectivity index (χ2v) is 7.13. The number of benzene rings is 2. The van der Waals surface area contributed by atoms with Crippen molar-refractivity contribution in [2.45, 2.75) is 19.3 Å². The van der Waals surface area contributed by atoms with Crippen LogP contribution in [0.5, 0.6) is 28.7 Å². The molecule has 0 spiro atoms. The van der Waals surface area contributed by atoms with Crippen molar-refractivity contribution in [2.75, 3.05) is 28.4 Å². The topological polar surface area (TPSA) is 70.0 Å². The summed E-state index contributed by atoms with van der Waals surface area (Å²) in [7, 11) is 6.35. The van der Waals surface area contributed by atoms with E-state index in [2.05, 4.69) is 0 Å². The third-order valence-corrected chi connectivity index (χ3v) is 5.55. The molecule has 1 aliphatic rings. The van der Waals surface area contributed by atoms with Gasteiger partial charge in [0, 0.05) is 11.0 Å². The number of aromatic nitrogens is 1. The first kappa shape index (κ1) is 19.9. The van der Waals surface area contributed by atoms with Gasteiger partial charge < -0.3 is 24.1 Å². The predicted molar refractivity (Wildman–Crippen MR) is 116 cm³/mol. The van der Waals surface area contributed by atoms with Crippen LogP contribution in [0, 0.1) is 0 Å². The Hall–Kier alpha value is -3.41. The van der Waals surface area contributed by atoms with Crippen LogP contribution in [-0.4, -0.2) is 38.5 Å². The van der Waals surface area contributed by atoms with Crippen molar-refractivity contribution in [1.82, 2.24) is 4.98 Å². The van der Waals surface area contributed by atoms with E-state index in [4.69, 9.17) is 23.9 Å². The van der Waals surface area contributed by atoms with E-state index < -0.39 is 0 Å². The molecule has 0 aliphatic heterocycles. The molecule has 1 fully saturated rings. The number of hydrogen-bond acceptors (Lipinski definition) is 6. The average molecular weight is 407 g/mol. The Bertz CT molecular complexity index is 1100. The molecular formula is C24H25NO5. The molecule has 1 N–H and O–H groups in total.